The molecule has 1 aromatic heterocycles. The predicted molar refractivity (Wildman–Crippen MR) is 178 cm³/mol. The summed E-state index contributed by atoms with van der Waals surface area (Å²) in [6.45, 7) is 9.78. The Morgan fingerprint density at radius 3 is 2.56 bits per heavy atom. The van der Waals surface area contributed by atoms with Gasteiger partial charge in [-0.1, -0.05) is 0 Å². The first kappa shape index (κ1) is 34.9. The molecule has 15 heteroatoms. The molecule has 0 radical (unpaired) electrons. The van der Waals surface area contributed by atoms with Crippen molar-refractivity contribution in [2.24, 2.45) is 5.41 Å². The van der Waals surface area contributed by atoms with Gasteiger partial charge in [-0.2, -0.15) is 17.4 Å². The lowest BCUT2D eigenvalue weighted by Crippen LogP contribution is -2.61. The minimum Gasteiger partial charge on any atom is -0.451 e. The molecule has 4 fully saturated rings. The third-order valence-electron chi connectivity index (χ3n) is 10.0. The first-order valence-electron chi connectivity index (χ1n) is 16.9. The van der Waals surface area contributed by atoms with E-state index in [1.54, 1.807) is 11.1 Å². The summed E-state index contributed by atoms with van der Waals surface area (Å²) in [7, 11) is -0.441. The van der Waals surface area contributed by atoms with E-state index < -0.39 is 16.0 Å². The number of aromatic nitrogens is 2. The van der Waals surface area contributed by atoms with Gasteiger partial charge in [-0.15, -0.1) is 0 Å². The Bertz CT molecular complexity index is 1530. The van der Waals surface area contributed by atoms with Gasteiger partial charge in [-0.05, 0) is 77.2 Å². The quantitative estimate of drug-likeness (QED) is 0.376. The van der Waals surface area contributed by atoms with Crippen LogP contribution in [0.1, 0.15) is 56.3 Å². The second-order valence-electron chi connectivity index (χ2n) is 14.1. The Balaban J connectivity index is 1.04. The fraction of sp³-hybridized carbons (Fsp3) is 0.667. The van der Waals surface area contributed by atoms with Gasteiger partial charge in [0.05, 0.1) is 37.1 Å². The molecule has 48 heavy (non-hydrogen) atoms. The topological polar surface area (TPSA) is 130 Å². The summed E-state index contributed by atoms with van der Waals surface area (Å²) in [5.41, 5.74) is 0.338. The summed E-state index contributed by atoms with van der Waals surface area (Å²) in [5, 5.41) is 0. The van der Waals surface area contributed by atoms with Crippen LogP contribution in [-0.4, -0.2) is 129 Å². The molecule has 4 aliphatic heterocycles. The van der Waals surface area contributed by atoms with Gasteiger partial charge >= 0.3 is 0 Å². The first-order chi connectivity index (χ1) is 22.9. The SMILES string of the molecule is CC(C)N(C(=O)c1cc(F)ccc1Oc1cncnc1N1CC2(CCN(C[C@@H]3CC[C@@H](NS(=O)(=O)N(C)C)CO3)CC2)C1)[C@H]1CCOC1. The molecule has 0 aliphatic carbocycles. The number of likely N-dealkylation sites (tertiary alicyclic amines) is 1. The average molecular weight is 690 g/mol. The Morgan fingerprint density at radius 1 is 1.15 bits per heavy atom. The van der Waals surface area contributed by atoms with Crippen molar-refractivity contribution in [1.29, 1.82) is 0 Å². The molecule has 4 aliphatic rings. The number of carbonyl (C=O) groups excluding carboxylic acids is 1. The number of nitrogens with one attached hydrogen (secondary N) is 1. The van der Waals surface area contributed by atoms with E-state index in [4.69, 9.17) is 14.2 Å². The number of halogens is 1. The zero-order valence-electron chi connectivity index (χ0n) is 28.3. The van der Waals surface area contributed by atoms with Crippen LogP contribution >= 0.6 is 0 Å². The number of anilines is 1. The van der Waals surface area contributed by atoms with Crippen LogP contribution in [0, 0.1) is 11.2 Å². The second-order valence-corrected chi connectivity index (χ2v) is 16.0. The van der Waals surface area contributed by atoms with Crippen molar-refractivity contribution in [3.05, 3.63) is 42.1 Å². The maximum absolute atomic E-state index is 14.5. The zero-order valence-corrected chi connectivity index (χ0v) is 29.1. The van der Waals surface area contributed by atoms with Gasteiger partial charge < -0.3 is 28.9 Å². The first-order valence-corrected chi connectivity index (χ1v) is 18.3. The lowest BCUT2D eigenvalue weighted by molar-refractivity contribution is -0.0300. The molecule has 0 saturated carbocycles. The summed E-state index contributed by atoms with van der Waals surface area (Å²) in [5.74, 6) is 0.531. The fourth-order valence-electron chi connectivity index (χ4n) is 7.29. The van der Waals surface area contributed by atoms with Crippen LogP contribution in [0.2, 0.25) is 0 Å². The third kappa shape index (κ3) is 7.76. The molecule has 264 valence electrons. The number of piperidine rings is 1. The number of rotatable bonds is 11. The molecule has 5 heterocycles. The zero-order chi connectivity index (χ0) is 34.1. The van der Waals surface area contributed by atoms with Crippen LogP contribution in [0.5, 0.6) is 11.5 Å². The number of hydrogen-bond acceptors (Lipinski definition) is 10. The number of carbonyl (C=O) groups is 1. The highest BCUT2D eigenvalue weighted by molar-refractivity contribution is 7.87. The lowest BCUT2D eigenvalue weighted by atomic mass is 9.72. The second kappa shape index (κ2) is 14.5. The molecule has 0 bridgehead atoms. The van der Waals surface area contributed by atoms with Crippen LogP contribution in [0.4, 0.5) is 10.2 Å². The summed E-state index contributed by atoms with van der Waals surface area (Å²) in [4.78, 5) is 29.0. The number of hydrogen-bond donors (Lipinski definition) is 1. The highest BCUT2D eigenvalue weighted by atomic mass is 32.2. The predicted octanol–water partition coefficient (Wildman–Crippen LogP) is 2.89. The molecule has 4 saturated heterocycles. The molecule has 0 unspecified atom stereocenters. The Morgan fingerprint density at radius 2 is 1.92 bits per heavy atom. The molecule has 1 amide bonds. The van der Waals surface area contributed by atoms with E-state index in [-0.39, 0.29) is 46.9 Å². The molecule has 3 atom stereocenters. The normalized spacial score (nSPS) is 24.6. The van der Waals surface area contributed by atoms with Gasteiger partial charge in [0.1, 0.15) is 17.9 Å². The highest BCUT2D eigenvalue weighted by Gasteiger charge is 2.46. The maximum atomic E-state index is 14.5. The monoisotopic (exact) mass is 689 g/mol. The Kier molecular flexibility index (Phi) is 10.5. The minimum absolute atomic E-state index is 0.0769. The fourth-order valence-corrected chi connectivity index (χ4v) is 8.10. The van der Waals surface area contributed by atoms with Crippen molar-refractivity contribution >= 4 is 21.9 Å². The molecule has 6 rings (SSSR count). The third-order valence-corrected chi connectivity index (χ3v) is 11.6. The smallest absolute Gasteiger partial charge is 0.279 e. The van der Waals surface area contributed by atoms with Crippen molar-refractivity contribution in [3.8, 4) is 11.5 Å². The van der Waals surface area contributed by atoms with Crippen LogP contribution in [0.3, 0.4) is 0 Å². The van der Waals surface area contributed by atoms with Crippen molar-refractivity contribution in [3.63, 3.8) is 0 Å². The summed E-state index contributed by atoms with van der Waals surface area (Å²) in [6.07, 6.45) is 7.60. The van der Waals surface area contributed by atoms with Crippen molar-refractivity contribution < 1.29 is 31.8 Å². The van der Waals surface area contributed by atoms with E-state index in [2.05, 4.69) is 24.5 Å². The van der Waals surface area contributed by atoms with Gasteiger partial charge in [0.25, 0.3) is 16.1 Å². The van der Waals surface area contributed by atoms with E-state index in [0.717, 1.165) is 64.8 Å². The van der Waals surface area contributed by atoms with Crippen LogP contribution in [0.25, 0.3) is 0 Å². The van der Waals surface area contributed by atoms with Crippen molar-refractivity contribution in [2.45, 2.75) is 70.2 Å². The molecule has 13 nitrogen and oxygen atoms in total. The van der Waals surface area contributed by atoms with Crippen LogP contribution in [0.15, 0.2) is 30.7 Å². The standard InChI is InChI=1S/C33H48FN7O6S/c1-23(2)41(26-9-14-45-19-26)32(42)28-15-24(34)5-8-29(28)47-30-16-35-22-36-31(30)40-20-33(21-40)10-12-39(13-11-33)17-27-7-6-25(18-46-27)37-48(43,44)38(3)4/h5,8,15-16,22-23,25-27,37H,6-7,9-14,17-21H2,1-4H3/t25-,26+,27+/m1/s1. The average Bonchev–Trinajstić information content (AvgIpc) is 3.56. The Hall–Kier alpha value is -2.95. The largest absolute Gasteiger partial charge is 0.451 e. The maximum Gasteiger partial charge on any atom is 0.279 e. The lowest BCUT2D eigenvalue weighted by Gasteiger charge is -2.54. The highest BCUT2D eigenvalue weighted by Crippen LogP contribution is 2.45. The molecule has 1 spiro atoms. The van der Waals surface area contributed by atoms with Gasteiger partial charge in [-0.3, -0.25) is 4.79 Å². The van der Waals surface area contributed by atoms with Crippen LogP contribution in [-0.2, 0) is 19.7 Å². The van der Waals surface area contributed by atoms with Crippen molar-refractivity contribution in [1.82, 2.24) is 28.8 Å². The molecular weight excluding hydrogens is 641 g/mol. The number of amides is 1. The van der Waals surface area contributed by atoms with Gasteiger partial charge in [0, 0.05) is 57.8 Å². The Labute approximate surface area is 282 Å². The van der Waals surface area contributed by atoms with E-state index >= 15 is 0 Å². The van der Waals surface area contributed by atoms with Crippen molar-refractivity contribution in [2.75, 3.05) is 71.5 Å². The van der Waals surface area contributed by atoms with E-state index in [0.29, 0.717) is 31.4 Å². The van der Waals surface area contributed by atoms with Gasteiger partial charge in [0.15, 0.2) is 11.6 Å². The van der Waals surface area contributed by atoms with Gasteiger partial charge in [-0.25, -0.2) is 14.4 Å². The summed E-state index contributed by atoms with van der Waals surface area (Å²) >= 11 is 0. The minimum atomic E-state index is -3.47. The van der Waals surface area contributed by atoms with Crippen LogP contribution < -0.4 is 14.4 Å². The number of nitrogens with zero attached hydrogens (tertiary/aromatic N) is 6. The molecule has 1 aromatic carbocycles. The molecule has 2 aromatic rings. The number of benzene rings is 1. The van der Waals surface area contributed by atoms with E-state index in [9.17, 15) is 17.6 Å². The molecule has 1 N–H and O–H groups in total. The van der Waals surface area contributed by atoms with E-state index in [1.807, 2.05) is 13.8 Å². The van der Waals surface area contributed by atoms with Gasteiger partial charge in [0.2, 0.25) is 0 Å². The number of ether oxygens (including phenoxy) is 3. The summed E-state index contributed by atoms with van der Waals surface area (Å²) < 4.78 is 60.6. The molecular formula is C33H48FN7O6S. The summed E-state index contributed by atoms with van der Waals surface area (Å²) in [6, 6.07) is 3.65. The van der Waals surface area contributed by atoms with E-state index in [1.165, 1.54) is 42.9 Å².